The Labute approximate surface area is 140 Å². The Kier molecular flexibility index (Phi) is 3.38. The molecule has 114 valence electrons. The lowest BCUT2D eigenvalue weighted by atomic mass is 10.1. The minimum absolute atomic E-state index is 0.234. The molecule has 5 nitrogen and oxygen atoms in total. The molecule has 2 N–H and O–H groups in total. The molecule has 6 heteroatoms. The van der Waals surface area contributed by atoms with Crippen molar-refractivity contribution in [3.63, 3.8) is 0 Å². The van der Waals surface area contributed by atoms with Crippen LogP contribution in [0.3, 0.4) is 0 Å². The number of nitrogens with one attached hydrogen (secondary N) is 2. The van der Waals surface area contributed by atoms with Crippen LogP contribution in [0.2, 0.25) is 0 Å². The fraction of sp³-hybridized carbons (Fsp3) is 0.0588. The van der Waals surface area contributed by atoms with Crippen LogP contribution in [-0.4, -0.2) is 14.6 Å². The summed E-state index contributed by atoms with van der Waals surface area (Å²) < 4.78 is 2.54. The van der Waals surface area contributed by atoms with Crippen molar-refractivity contribution in [1.29, 1.82) is 0 Å². The first-order chi connectivity index (χ1) is 11.2. The SMILES string of the molecule is O=c1[nH]nc2cc(NCc3ccccc3)c3cc(Br)ccc3n12. The Hall–Kier alpha value is -2.60. The van der Waals surface area contributed by atoms with E-state index in [0.29, 0.717) is 12.2 Å². The summed E-state index contributed by atoms with van der Waals surface area (Å²) in [4.78, 5) is 12.0. The Balaban J connectivity index is 1.87. The van der Waals surface area contributed by atoms with E-state index in [4.69, 9.17) is 0 Å². The fourth-order valence-corrected chi connectivity index (χ4v) is 3.07. The first kappa shape index (κ1) is 14.0. The maximum absolute atomic E-state index is 12.0. The van der Waals surface area contributed by atoms with Crippen LogP contribution < -0.4 is 11.0 Å². The lowest BCUT2D eigenvalue weighted by molar-refractivity contribution is 1.04. The van der Waals surface area contributed by atoms with Crippen molar-refractivity contribution in [3.8, 4) is 0 Å². The Morgan fingerprint density at radius 2 is 1.96 bits per heavy atom. The van der Waals surface area contributed by atoms with E-state index in [1.807, 2.05) is 42.5 Å². The second-order valence-corrected chi connectivity index (χ2v) is 6.20. The molecule has 0 saturated carbocycles. The molecule has 0 bridgehead atoms. The zero-order valence-corrected chi connectivity index (χ0v) is 13.7. The lowest BCUT2D eigenvalue weighted by Crippen LogP contribution is -2.11. The summed E-state index contributed by atoms with van der Waals surface area (Å²) in [5.41, 5.74) is 3.31. The summed E-state index contributed by atoms with van der Waals surface area (Å²) in [6.45, 7) is 0.702. The van der Waals surface area contributed by atoms with Gasteiger partial charge in [0.2, 0.25) is 0 Å². The van der Waals surface area contributed by atoms with Crippen molar-refractivity contribution in [2.45, 2.75) is 6.54 Å². The summed E-state index contributed by atoms with van der Waals surface area (Å²) in [6.07, 6.45) is 0. The first-order valence-electron chi connectivity index (χ1n) is 7.19. The van der Waals surface area contributed by atoms with Crippen LogP contribution in [0, 0.1) is 0 Å². The number of aromatic amines is 1. The highest BCUT2D eigenvalue weighted by molar-refractivity contribution is 9.10. The normalized spacial score (nSPS) is 11.2. The van der Waals surface area contributed by atoms with E-state index in [9.17, 15) is 4.79 Å². The third-order valence-electron chi connectivity index (χ3n) is 3.79. The predicted octanol–water partition coefficient (Wildman–Crippen LogP) is 3.55. The minimum Gasteiger partial charge on any atom is -0.380 e. The zero-order valence-electron chi connectivity index (χ0n) is 12.1. The van der Waals surface area contributed by atoms with Crippen molar-refractivity contribution in [3.05, 3.63) is 75.1 Å². The molecule has 0 aliphatic heterocycles. The molecule has 0 aliphatic rings. The summed E-state index contributed by atoms with van der Waals surface area (Å²) in [6, 6.07) is 17.9. The van der Waals surface area contributed by atoms with Crippen LogP contribution in [0.4, 0.5) is 5.69 Å². The standard InChI is InChI=1S/C17H13BrN4O/c18-12-6-7-15-13(8-12)14(9-16-20-21-17(23)22(15)16)19-10-11-4-2-1-3-5-11/h1-9,19H,10H2,(H,21,23). The number of rotatable bonds is 3. The summed E-state index contributed by atoms with van der Waals surface area (Å²) >= 11 is 3.50. The van der Waals surface area contributed by atoms with Crippen LogP contribution in [0.25, 0.3) is 16.6 Å². The molecule has 0 unspecified atom stereocenters. The number of fused-ring (bicyclic) bond motifs is 3. The van der Waals surface area contributed by atoms with Gasteiger partial charge in [-0.1, -0.05) is 46.3 Å². The molecule has 0 radical (unpaired) electrons. The molecule has 0 fully saturated rings. The third-order valence-corrected chi connectivity index (χ3v) is 4.28. The van der Waals surface area contributed by atoms with E-state index in [0.717, 1.165) is 21.1 Å². The Bertz CT molecular complexity index is 1050. The van der Waals surface area contributed by atoms with Gasteiger partial charge in [0.05, 0.1) is 5.52 Å². The first-order valence-corrected chi connectivity index (χ1v) is 7.99. The van der Waals surface area contributed by atoms with E-state index >= 15 is 0 Å². The fourth-order valence-electron chi connectivity index (χ4n) is 2.70. The predicted molar refractivity (Wildman–Crippen MR) is 94.8 cm³/mol. The van der Waals surface area contributed by atoms with Crippen LogP contribution in [0.5, 0.6) is 0 Å². The van der Waals surface area contributed by atoms with Gasteiger partial charge in [0, 0.05) is 28.2 Å². The smallest absolute Gasteiger partial charge is 0.348 e. The molecule has 0 spiro atoms. The van der Waals surface area contributed by atoms with Gasteiger partial charge in [-0.25, -0.2) is 14.3 Å². The van der Waals surface area contributed by atoms with Gasteiger partial charge in [-0.2, -0.15) is 5.10 Å². The van der Waals surface area contributed by atoms with E-state index in [1.165, 1.54) is 5.56 Å². The molecule has 2 aromatic carbocycles. The van der Waals surface area contributed by atoms with Crippen molar-refractivity contribution < 1.29 is 0 Å². The van der Waals surface area contributed by atoms with E-state index in [1.54, 1.807) is 4.40 Å². The van der Waals surface area contributed by atoms with Crippen LogP contribution in [0.15, 0.2) is 63.9 Å². The van der Waals surface area contributed by atoms with Gasteiger partial charge in [-0.05, 0) is 23.8 Å². The maximum atomic E-state index is 12.0. The number of anilines is 1. The number of nitrogens with zero attached hydrogens (tertiary/aromatic N) is 2. The molecule has 4 aromatic rings. The van der Waals surface area contributed by atoms with Gasteiger partial charge in [-0.3, -0.25) is 0 Å². The molecular weight excluding hydrogens is 356 g/mol. The van der Waals surface area contributed by atoms with Gasteiger partial charge in [0.1, 0.15) is 0 Å². The largest absolute Gasteiger partial charge is 0.380 e. The molecule has 23 heavy (non-hydrogen) atoms. The van der Waals surface area contributed by atoms with Gasteiger partial charge in [0.25, 0.3) is 0 Å². The number of halogens is 1. The monoisotopic (exact) mass is 368 g/mol. The molecule has 0 aliphatic carbocycles. The highest BCUT2D eigenvalue weighted by Gasteiger charge is 2.10. The number of benzene rings is 2. The average Bonchev–Trinajstić information content (AvgIpc) is 2.94. The average molecular weight is 369 g/mol. The van der Waals surface area contributed by atoms with Gasteiger partial charge >= 0.3 is 5.69 Å². The topological polar surface area (TPSA) is 62.2 Å². The number of hydrogen-bond donors (Lipinski definition) is 2. The van der Waals surface area contributed by atoms with Gasteiger partial charge in [-0.15, -0.1) is 0 Å². The van der Waals surface area contributed by atoms with Crippen LogP contribution in [-0.2, 0) is 6.54 Å². The summed E-state index contributed by atoms with van der Waals surface area (Å²) in [5, 5.41) is 11.0. The van der Waals surface area contributed by atoms with Gasteiger partial charge < -0.3 is 5.32 Å². The van der Waals surface area contributed by atoms with Crippen LogP contribution in [0.1, 0.15) is 5.56 Å². The molecule has 2 heterocycles. The molecular formula is C17H13BrN4O. The maximum Gasteiger partial charge on any atom is 0.348 e. The second kappa shape index (κ2) is 5.55. The minimum atomic E-state index is -0.234. The molecule has 0 amide bonds. The second-order valence-electron chi connectivity index (χ2n) is 5.28. The molecule has 4 rings (SSSR count). The number of pyridine rings is 1. The van der Waals surface area contributed by atoms with E-state index in [2.05, 4.69) is 43.6 Å². The lowest BCUT2D eigenvalue weighted by Gasteiger charge is -2.11. The van der Waals surface area contributed by atoms with Crippen molar-refractivity contribution in [2.75, 3.05) is 5.32 Å². The van der Waals surface area contributed by atoms with Crippen molar-refractivity contribution >= 4 is 38.2 Å². The molecule has 2 aromatic heterocycles. The third kappa shape index (κ3) is 2.51. The van der Waals surface area contributed by atoms with E-state index < -0.39 is 0 Å². The number of aromatic nitrogens is 3. The zero-order chi connectivity index (χ0) is 15.8. The van der Waals surface area contributed by atoms with Crippen LogP contribution >= 0.6 is 15.9 Å². The molecule has 0 saturated heterocycles. The number of H-pyrrole nitrogens is 1. The van der Waals surface area contributed by atoms with Gasteiger partial charge in [0.15, 0.2) is 5.65 Å². The van der Waals surface area contributed by atoms with Crippen molar-refractivity contribution in [1.82, 2.24) is 14.6 Å². The van der Waals surface area contributed by atoms with Crippen molar-refractivity contribution in [2.24, 2.45) is 0 Å². The molecule has 0 atom stereocenters. The Morgan fingerprint density at radius 1 is 1.13 bits per heavy atom. The number of hydrogen-bond acceptors (Lipinski definition) is 3. The Morgan fingerprint density at radius 3 is 2.78 bits per heavy atom. The van der Waals surface area contributed by atoms with E-state index in [-0.39, 0.29) is 5.69 Å². The highest BCUT2D eigenvalue weighted by atomic mass is 79.9. The summed E-state index contributed by atoms with van der Waals surface area (Å²) in [5.74, 6) is 0. The summed E-state index contributed by atoms with van der Waals surface area (Å²) in [7, 11) is 0. The quantitative estimate of drug-likeness (QED) is 0.581. The highest BCUT2D eigenvalue weighted by Crippen LogP contribution is 2.28.